The van der Waals surface area contributed by atoms with Gasteiger partial charge in [0.05, 0.1) is 18.3 Å². The molecule has 37 heavy (non-hydrogen) atoms. The number of halogens is 1. The Balaban J connectivity index is 0.000000572. The summed E-state index contributed by atoms with van der Waals surface area (Å²) in [5.74, 6) is 1.11. The maximum Gasteiger partial charge on any atom is 0.237 e. The van der Waals surface area contributed by atoms with Crippen LogP contribution in [-0.2, 0) is 9.59 Å². The molecule has 0 bridgehead atoms. The first kappa shape index (κ1) is 25.6. The summed E-state index contributed by atoms with van der Waals surface area (Å²) in [6.07, 6.45) is 13.2. The zero-order valence-corrected chi connectivity index (χ0v) is 20.5. The van der Waals surface area contributed by atoms with Crippen LogP contribution >= 0.6 is 0 Å². The molecule has 5 rings (SSSR count). The second kappa shape index (κ2) is 12.0. The van der Waals surface area contributed by atoms with E-state index < -0.39 is 5.82 Å². The van der Waals surface area contributed by atoms with E-state index in [1.165, 1.54) is 12.1 Å². The number of nitrogens with one attached hydrogen (secondary N) is 3. The Morgan fingerprint density at radius 2 is 2.11 bits per heavy atom. The summed E-state index contributed by atoms with van der Waals surface area (Å²) in [5.41, 5.74) is 1.78. The van der Waals surface area contributed by atoms with Crippen molar-refractivity contribution in [2.75, 3.05) is 17.7 Å². The van der Waals surface area contributed by atoms with E-state index >= 15 is 0 Å². The Morgan fingerprint density at radius 3 is 2.76 bits per heavy atom. The average Bonchev–Trinajstić information content (AvgIpc) is 3.64. The van der Waals surface area contributed by atoms with Gasteiger partial charge >= 0.3 is 0 Å². The van der Waals surface area contributed by atoms with Gasteiger partial charge in [-0.15, -0.1) is 5.10 Å². The fourth-order valence-corrected chi connectivity index (χ4v) is 3.44. The van der Waals surface area contributed by atoms with Gasteiger partial charge in [0.25, 0.3) is 0 Å². The summed E-state index contributed by atoms with van der Waals surface area (Å²) in [4.78, 5) is 26.0. The van der Waals surface area contributed by atoms with Crippen molar-refractivity contribution < 1.29 is 18.7 Å². The predicted octanol–water partition coefficient (Wildman–Crippen LogP) is 4.96. The molecular weight excluding hydrogens is 475 g/mol. The number of carbonyl (C=O) groups is 2. The van der Waals surface area contributed by atoms with Crippen LogP contribution in [0.15, 0.2) is 72.7 Å². The van der Waals surface area contributed by atoms with E-state index in [0.29, 0.717) is 23.3 Å². The number of hydrogen-bond acceptors (Lipinski definition) is 7. The number of amides is 1. The van der Waals surface area contributed by atoms with Crippen molar-refractivity contribution in [3.63, 3.8) is 0 Å². The molecule has 0 aliphatic heterocycles. The van der Waals surface area contributed by atoms with E-state index in [0.717, 1.165) is 37.5 Å². The maximum atomic E-state index is 14.6. The number of fused-ring (bicyclic) bond motifs is 1. The number of hydrogen-bond donors (Lipinski definition) is 3. The van der Waals surface area contributed by atoms with Gasteiger partial charge in [-0.05, 0) is 49.5 Å². The van der Waals surface area contributed by atoms with Gasteiger partial charge in [-0.1, -0.05) is 24.8 Å². The molecule has 0 saturated heterocycles. The number of allylic oxidation sites excluding steroid dienone is 3. The Labute approximate surface area is 214 Å². The standard InChI is InChI=1S/C23H23FN6O2.C4H6O/c1-15(27-22(31)12-16-6-4-3-5-7-16)26-19-9-8-17(13-18(19)24)32-23-11-10-21-28-20(25-2)14-30(21)29-23;5-3-4-1-2-4/h4,6-11,13-14,25-26H,1,3,5,12H2,2H3,(H,27,31);3-4H,1-2H2. The molecule has 192 valence electrons. The van der Waals surface area contributed by atoms with E-state index in [1.54, 1.807) is 36.0 Å². The molecule has 1 saturated carbocycles. The summed E-state index contributed by atoms with van der Waals surface area (Å²) in [6, 6.07) is 7.73. The second-order valence-electron chi connectivity index (χ2n) is 8.65. The largest absolute Gasteiger partial charge is 0.437 e. The lowest BCUT2D eigenvalue weighted by Gasteiger charge is -2.13. The monoisotopic (exact) mass is 504 g/mol. The second-order valence-corrected chi connectivity index (χ2v) is 8.65. The quantitative estimate of drug-likeness (QED) is 0.353. The number of nitrogens with zero attached hydrogens (tertiary/aromatic N) is 3. The molecule has 3 N–H and O–H groups in total. The molecule has 0 atom stereocenters. The molecule has 9 nitrogen and oxygen atoms in total. The lowest BCUT2D eigenvalue weighted by atomic mass is 10.0. The lowest BCUT2D eigenvalue weighted by molar-refractivity contribution is -0.119. The highest BCUT2D eigenvalue weighted by Gasteiger charge is 2.19. The zero-order chi connectivity index (χ0) is 26.2. The summed E-state index contributed by atoms with van der Waals surface area (Å²) >= 11 is 0. The van der Waals surface area contributed by atoms with Gasteiger partial charge in [-0.2, -0.15) is 0 Å². The smallest absolute Gasteiger partial charge is 0.237 e. The van der Waals surface area contributed by atoms with Gasteiger partial charge in [-0.3, -0.25) is 4.79 Å². The minimum Gasteiger partial charge on any atom is -0.437 e. The number of rotatable bonds is 9. The fraction of sp³-hybridized carbons (Fsp3) is 0.259. The number of anilines is 2. The van der Waals surface area contributed by atoms with E-state index in [-0.39, 0.29) is 29.6 Å². The SMILES string of the molecule is C=C(NC(=O)CC1=CCCC=C1)Nc1ccc(Oc2ccc3nc(NC)cn3n2)cc1F.O=CC1CC1. The number of aldehydes is 1. The minimum atomic E-state index is -0.558. The van der Waals surface area contributed by atoms with Crippen molar-refractivity contribution >= 4 is 29.3 Å². The third kappa shape index (κ3) is 7.50. The summed E-state index contributed by atoms with van der Waals surface area (Å²) in [5, 5.41) is 12.7. The third-order valence-corrected chi connectivity index (χ3v) is 5.54. The van der Waals surface area contributed by atoms with Crippen LogP contribution in [0.25, 0.3) is 5.65 Å². The molecule has 0 radical (unpaired) electrons. The first-order valence-electron chi connectivity index (χ1n) is 12.0. The van der Waals surface area contributed by atoms with E-state index in [1.807, 2.05) is 18.2 Å². The highest BCUT2D eigenvalue weighted by molar-refractivity contribution is 5.81. The molecule has 1 amide bonds. The van der Waals surface area contributed by atoms with Gasteiger partial charge in [0.1, 0.15) is 29.5 Å². The molecule has 10 heteroatoms. The molecule has 1 aromatic carbocycles. The number of benzene rings is 1. The lowest BCUT2D eigenvalue weighted by Crippen LogP contribution is -2.26. The first-order chi connectivity index (χ1) is 17.9. The van der Waals surface area contributed by atoms with E-state index in [9.17, 15) is 14.0 Å². The fourth-order valence-electron chi connectivity index (χ4n) is 3.44. The highest BCUT2D eigenvalue weighted by Crippen LogP contribution is 2.26. The minimum absolute atomic E-state index is 0.163. The summed E-state index contributed by atoms with van der Waals surface area (Å²) in [6.45, 7) is 3.75. The maximum absolute atomic E-state index is 14.6. The van der Waals surface area contributed by atoms with Gasteiger partial charge < -0.3 is 25.5 Å². The van der Waals surface area contributed by atoms with Gasteiger partial charge in [0.15, 0.2) is 5.65 Å². The summed E-state index contributed by atoms with van der Waals surface area (Å²) < 4.78 is 21.8. The van der Waals surface area contributed by atoms with Crippen LogP contribution < -0.4 is 20.7 Å². The molecule has 2 aliphatic carbocycles. The van der Waals surface area contributed by atoms with Crippen molar-refractivity contribution in [2.24, 2.45) is 5.92 Å². The number of carbonyl (C=O) groups excluding carboxylic acids is 2. The van der Waals surface area contributed by atoms with Crippen LogP contribution in [0.2, 0.25) is 0 Å². The molecular formula is C27H29FN6O3. The summed E-state index contributed by atoms with van der Waals surface area (Å²) in [7, 11) is 1.77. The van der Waals surface area contributed by atoms with Crippen LogP contribution in [0.4, 0.5) is 15.9 Å². The first-order valence-corrected chi connectivity index (χ1v) is 12.0. The third-order valence-electron chi connectivity index (χ3n) is 5.54. The number of ether oxygens (including phenoxy) is 1. The molecule has 1 fully saturated rings. The van der Waals surface area contributed by atoms with Crippen LogP contribution in [0.1, 0.15) is 32.1 Å². The molecule has 0 unspecified atom stereocenters. The van der Waals surface area contributed by atoms with Crippen LogP contribution in [0.5, 0.6) is 11.6 Å². The normalized spacial score (nSPS) is 14.2. The zero-order valence-electron chi connectivity index (χ0n) is 20.5. The van der Waals surface area contributed by atoms with Crippen molar-refractivity contribution in [1.29, 1.82) is 0 Å². The average molecular weight is 505 g/mol. The van der Waals surface area contributed by atoms with E-state index in [2.05, 4.69) is 32.6 Å². The Bertz CT molecular complexity index is 1360. The topological polar surface area (TPSA) is 110 Å². The van der Waals surface area contributed by atoms with Crippen LogP contribution in [0.3, 0.4) is 0 Å². The Morgan fingerprint density at radius 1 is 1.27 bits per heavy atom. The van der Waals surface area contributed by atoms with Crippen LogP contribution in [-0.4, -0.2) is 33.8 Å². The van der Waals surface area contributed by atoms with Crippen molar-refractivity contribution in [2.45, 2.75) is 32.1 Å². The number of imidazole rings is 1. The molecule has 2 heterocycles. The van der Waals surface area contributed by atoms with Crippen molar-refractivity contribution in [3.8, 4) is 11.6 Å². The highest BCUT2D eigenvalue weighted by atomic mass is 19.1. The van der Waals surface area contributed by atoms with Crippen LogP contribution in [0, 0.1) is 11.7 Å². The molecule has 2 aliphatic rings. The van der Waals surface area contributed by atoms with Crippen molar-refractivity contribution in [3.05, 3.63) is 78.5 Å². The number of aromatic nitrogens is 3. The molecule has 2 aromatic heterocycles. The Kier molecular flexibility index (Phi) is 8.29. The van der Waals surface area contributed by atoms with E-state index in [4.69, 9.17) is 4.74 Å². The predicted molar refractivity (Wildman–Crippen MR) is 140 cm³/mol. The van der Waals surface area contributed by atoms with Crippen molar-refractivity contribution in [1.82, 2.24) is 19.9 Å². The Hall–Kier alpha value is -4.47. The van der Waals surface area contributed by atoms with Gasteiger partial charge in [-0.25, -0.2) is 13.9 Å². The van der Waals surface area contributed by atoms with Gasteiger partial charge in [0, 0.05) is 25.1 Å². The van der Waals surface area contributed by atoms with Gasteiger partial charge in [0.2, 0.25) is 11.8 Å². The molecule has 0 spiro atoms. The molecule has 3 aromatic rings.